The van der Waals surface area contributed by atoms with Crippen LogP contribution in [0.15, 0.2) is 60.8 Å². The highest BCUT2D eigenvalue weighted by atomic mass is 16.5. The summed E-state index contributed by atoms with van der Waals surface area (Å²) in [4.78, 5) is 26.3. The Hall–Kier alpha value is -2.44. The quantitative estimate of drug-likeness (QED) is 0.0321. The fourth-order valence-corrected chi connectivity index (χ4v) is 9.07. The van der Waals surface area contributed by atoms with Crippen LogP contribution in [0.1, 0.15) is 303 Å². The van der Waals surface area contributed by atoms with Gasteiger partial charge >= 0.3 is 5.97 Å². The summed E-state index contributed by atoms with van der Waals surface area (Å²) in [7, 11) is 0. The lowest BCUT2D eigenvalue weighted by atomic mass is 10.0. The van der Waals surface area contributed by atoms with Crippen molar-refractivity contribution >= 4 is 11.9 Å². The van der Waals surface area contributed by atoms with Gasteiger partial charge in [0.1, 0.15) is 6.10 Å². The Kier molecular flexibility index (Phi) is 54.5. The van der Waals surface area contributed by atoms with E-state index in [2.05, 4.69) is 86.8 Å². The zero-order chi connectivity index (χ0) is 50.2. The molecule has 3 atom stereocenters. The van der Waals surface area contributed by atoms with Crippen LogP contribution in [0.4, 0.5) is 0 Å². The number of ether oxygens (including phenoxy) is 1. The lowest BCUT2D eigenvalue weighted by Gasteiger charge is -2.24. The molecule has 0 bridgehead atoms. The molecule has 3 unspecified atom stereocenters. The highest BCUT2D eigenvalue weighted by Crippen LogP contribution is 2.18. The van der Waals surface area contributed by atoms with E-state index >= 15 is 0 Å². The smallest absolute Gasteiger partial charge is 0.306 e. The molecule has 0 saturated carbocycles. The van der Waals surface area contributed by atoms with Crippen LogP contribution in [-0.4, -0.2) is 46.9 Å². The molecule has 0 saturated heterocycles. The van der Waals surface area contributed by atoms with E-state index in [1.165, 1.54) is 167 Å². The van der Waals surface area contributed by atoms with Crippen molar-refractivity contribution in [3.63, 3.8) is 0 Å². The van der Waals surface area contributed by atoms with Crippen molar-refractivity contribution in [3.8, 4) is 0 Å². The van der Waals surface area contributed by atoms with Gasteiger partial charge in [-0.15, -0.1) is 0 Å². The van der Waals surface area contributed by atoms with E-state index in [-0.39, 0.29) is 24.9 Å². The average Bonchev–Trinajstić information content (AvgIpc) is 3.34. The van der Waals surface area contributed by atoms with E-state index in [0.717, 1.165) is 89.9 Å². The van der Waals surface area contributed by atoms with Crippen molar-refractivity contribution in [2.45, 2.75) is 322 Å². The second kappa shape index (κ2) is 56.5. The van der Waals surface area contributed by atoms with Crippen molar-refractivity contribution < 1.29 is 24.5 Å². The number of allylic oxidation sites excluding steroid dienone is 10. The topological polar surface area (TPSA) is 95.9 Å². The average molecular weight is 967 g/mol. The molecule has 69 heavy (non-hydrogen) atoms. The van der Waals surface area contributed by atoms with Gasteiger partial charge < -0.3 is 20.3 Å². The molecule has 1 amide bonds. The molecule has 0 aliphatic carbocycles. The molecule has 0 fully saturated rings. The third-order valence-electron chi connectivity index (χ3n) is 13.7. The van der Waals surface area contributed by atoms with Crippen LogP contribution >= 0.6 is 0 Å². The first-order valence-electron chi connectivity index (χ1n) is 30.1. The summed E-state index contributed by atoms with van der Waals surface area (Å²) in [6.45, 7) is 6.48. The fraction of sp³-hybridized carbons (Fsp3) is 0.810. The number of amides is 1. The summed E-state index contributed by atoms with van der Waals surface area (Å²) < 4.78 is 5.95. The van der Waals surface area contributed by atoms with Gasteiger partial charge in [0.25, 0.3) is 0 Å². The predicted octanol–water partition coefficient (Wildman–Crippen LogP) is 18.7. The zero-order valence-corrected chi connectivity index (χ0v) is 45.9. The summed E-state index contributed by atoms with van der Waals surface area (Å²) in [5, 5.41) is 23.9. The Morgan fingerprint density at radius 2 is 0.739 bits per heavy atom. The molecule has 402 valence electrons. The first-order valence-corrected chi connectivity index (χ1v) is 30.1. The number of hydrogen-bond acceptors (Lipinski definition) is 5. The van der Waals surface area contributed by atoms with Crippen molar-refractivity contribution in [1.82, 2.24) is 5.32 Å². The van der Waals surface area contributed by atoms with Gasteiger partial charge in [0, 0.05) is 6.42 Å². The van der Waals surface area contributed by atoms with Gasteiger partial charge in [-0.05, 0) is 77.0 Å². The van der Waals surface area contributed by atoms with Crippen LogP contribution in [0.5, 0.6) is 0 Å². The standard InChI is InChI=1S/C63H115NO5/c1-4-7-10-13-16-19-22-25-28-31-32-35-38-41-44-47-50-53-56-63(68)69-59(54-51-48-45-42-39-36-33-29-26-23-20-17-14-11-8-5-2)57-62(67)64-60(58-65)61(66)55-52-49-46-43-40-37-34-30-27-24-21-18-15-12-9-6-3/h22,25,28-29,31-33,35-36,39,59-61,65-66H,4-21,23-24,26-27,30,34,37-38,40-58H2,1-3H3,(H,64,67)/b25-22+,31-28+,33-29+,35-32+,39-36+. The second-order valence-electron chi connectivity index (χ2n) is 20.5. The third-order valence-corrected chi connectivity index (χ3v) is 13.7. The Morgan fingerprint density at radius 1 is 0.420 bits per heavy atom. The third kappa shape index (κ3) is 51.7. The van der Waals surface area contributed by atoms with Gasteiger partial charge in [0.2, 0.25) is 5.91 Å². The SMILES string of the molecule is CCCCCCC/C=C/C=C/C=C/CCCCCCCC(=O)OC(CCCCC/C=C/C=C/CCCCCCCCC)CC(=O)NC(CO)C(O)CCCCCCCCCCCCCCCCCC. The van der Waals surface area contributed by atoms with E-state index in [1.54, 1.807) is 0 Å². The lowest BCUT2D eigenvalue weighted by molar-refractivity contribution is -0.151. The Balaban J connectivity index is 4.63. The molecule has 0 radical (unpaired) electrons. The first-order chi connectivity index (χ1) is 34.0. The minimum atomic E-state index is -0.801. The molecule has 0 rings (SSSR count). The van der Waals surface area contributed by atoms with Gasteiger partial charge in [0.15, 0.2) is 0 Å². The number of aliphatic hydroxyl groups is 2. The summed E-state index contributed by atoms with van der Waals surface area (Å²) in [6.07, 6.45) is 71.4. The molecule has 0 aliphatic rings. The van der Waals surface area contributed by atoms with Crippen LogP contribution in [-0.2, 0) is 14.3 Å². The van der Waals surface area contributed by atoms with Crippen LogP contribution in [0.25, 0.3) is 0 Å². The zero-order valence-electron chi connectivity index (χ0n) is 45.9. The monoisotopic (exact) mass is 966 g/mol. The maximum absolute atomic E-state index is 13.3. The second-order valence-corrected chi connectivity index (χ2v) is 20.5. The number of esters is 1. The molecule has 0 aromatic rings. The van der Waals surface area contributed by atoms with Crippen LogP contribution in [0.3, 0.4) is 0 Å². The van der Waals surface area contributed by atoms with Crippen molar-refractivity contribution in [2.24, 2.45) is 0 Å². The highest BCUT2D eigenvalue weighted by Gasteiger charge is 2.24. The molecule has 6 nitrogen and oxygen atoms in total. The van der Waals surface area contributed by atoms with Crippen LogP contribution < -0.4 is 5.32 Å². The van der Waals surface area contributed by atoms with Gasteiger partial charge in [0.05, 0.1) is 25.2 Å². The summed E-state index contributed by atoms with van der Waals surface area (Å²) in [5.74, 6) is -0.514. The summed E-state index contributed by atoms with van der Waals surface area (Å²) >= 11 is 0. The van der Waals surface area contributed by atoms with Gasteiger partial charge in [-0.2, -0.15) is 0 Å². The summed E-state index contributed by atoms with van der Waals surface area (Å²) in [6, 6.07) is -0.717. The normalized spacial score (nSPS) is 13.5. The van der Waals surface area contributed by atoms with E-state index in [4.69, 9.17) is 4.74 Å². The van der Waals surface area contributed by atoms with Crippen molar-refractivity contribution in [1.29, 1.82) is 0 Å². The van der Waals surface area contributed by atoms with Gasteiger partial charge in [-0.25, -0.2) is 0 Å². The number of carbonyl (C=O) groups is 2. The molecule has 3 N–H and O–H groups in total. The Bertz CT molecular complexity index is 1220. The molecule has 0 spiro atoms. The Morgan fingerprint density at radius 3 is 1.13 bits per heavy atom. The molecule has 0 aromatic carbocycles. The van der Waals surface area contributed by atoms with E-state index in [1.807, 2.05) is 0 Å². The van der Waals surface area contributed by atoms with Gasteiger partial charge in [-0.3, -0.25) is 9.59 Å². The lowest BCUT2D eigenvalue weighted by Crippen LogP contribution is -2.46. The Labute approximate surface area is 428 Å². The predicted molar refractivity (Wildman–Crippen MR) is 301 cm³/mol. The molecule has 0 heterocycles. The van der Waals surface area contributed by atoms with Crippen LogP contribution in [0, 0.1) is 0 Å². The number of carbonyl (C=O) groups excluding carboxylic acids is 2. The minimum Gasteiger partial charge on any atom is -0.462 e. The maximum atomic E-state index is 13.3. The number of unbranched alkanes of at least 4 members (excludes halogenated alkanes) is 35. The molecule has 6 heteroatoms. The minimum absolute atomic E-state index is 0.0512. The molecular formula is C63H115NO5. The first kappa shape index (κ1) is 66.6. The van der Waals surface area contributed by atoms with E-state index < -0.39 is 18.2 Å². The highest BCUT2D eigenvalue weighted by molar-refractivity contribution is 5.77. The molecule has 0 aromatic heterocycles. The number of hydrogen-bond donors (Lipinski definition) is 3. The number of nitrogens with one attached hydrogen (secondary N) is 1. The largest absolute Gasteiger partial charge is 0.462 e. The van der Waals surface area contributed by atoms with Crippen molar-refractivity contribution in [2.75, 3.05) is 6.61 Å². The fourth-order valence-electron chi connectivity index (χ4n) is 9.07. The van der Waals surface area contributed by atoms with E-state index in [0.29, 0.717) is 19.3 Å². The number of rotatable bonds is 54. The van der Waals surface area contributed by atoms with Crippen molar-refractivity contribution in [3.05, 3.63) is 60.8 Å². The van der Waals surface area contributed by atoms with E-state index in [9.17, 15) is 19.8 Å². The molecule has 0 aliphatic heterocycles. The maximum Gasteiger partial charge on any atom is 0.306 e. The molecular weight excluding hydrogens is 851 g/mol. The number of aliphatic hydroxyl groups excluding tert-OH is 2. The summed E-state index contributed by atoms with van der Waals surface area (Å²) in [5.41, 5.74) is 0. The van der Waals surface area contributed by atoms with Gasteiger partial charge in [-0.1, -0.05) is 274 Å². The van der Waals surface area contributed by atoms with Crippen LogP contribution in [0.2, 0.25) is 0 Å².